The Morgan fingerprint density at radius 3 is 2.52 bits per heavy atom. The van der Waals surface area contributed by atoms with Gasteiger partial charge in [0.2, 0.25) is 0 Å². The number of amides is 1. The average Bonchev–Trinajstić information content (AvgIpc) is 2.96. The van der Waals surface area contributed by atoms with E-state index in [4.69, 9.17) is 9.47 Å². The molecule has 1 atom stereocenters. The van der Waals surface area contributed by atoms with Crippen molar-refractivity contribution < 1.29 is 14.3 Å². The van der Waals surface area contributed by atoms with Crippen molar-refractivity contribution in [2.75, 3.05) is 7.11 Å². The summed E-state index contributed by atoms with van der Waals surface area (Å²) in [7, 11) is 3.54. The largest absolute Gasteiger partial charge is 0.497 e. The van der Waals surface area contributed by atoms with Gasteiger partial charge < -0.3 is 19.4 Å². The third kappa shape index (κ3) is 3.74. The highest BCUT2D eigenvalue weighted by atomic mass is 16.5. The molecular formula is C19H21N3O3. The quantitative estimate of drug-likeness (QED) is 0.750. The van der Waals surface area contributed by atoms with Crippen LogP contribution in [0.3, 0.4) is 0 Å². The lowest BCUT2D eigenvalue weighted by molar-refractivity contribution is -0.127. The summed E-state index contributed by atoms with van der Waals surface area (Å²) in [4.78, 5) is 16.8. The summed E-state index contributed by atoms with van der Waals surface area (Å²) in [6.07, 6.45) is -0.608. The number of rotatable bonds is 6. The normalized spacial score (nSPS) is 12.0. The van der Waals surface area contributed by atoms with Gasteiger partial charge in [0.1, 0.15) is 17.3 Å². The van der Waals surface area contributed by atoms with Crippen LogP contribution in [-0.4, -0.2) is 28.7 Å². The molecule has 25 heavy (non-hydrogen) atoms. The number of carbonyl (C=O) groups is 1. The first-order chi connectivity index (χ1) is 12.1. The Morgan fingerprint density at radius 1 is 1.16 bits per heavy atom. The van der Waals surface area contributed by atoms with Crippen molar-refractivity contribution in [2.24, 2.45) is 7.05 Å². The zero-order chi connectivity index (χ0) is 17.8. The van der Waals surface area contributed by atoms with E-state index in [0.717, 1.165) is 22.6 Å². The summed E-state index contributed by atoms with van der Waals surface area (Å²) in [5.74, 6) is 1.96. The van der Waals surface area contributed by atoms with Crippen molar-refractivity contribution in [2.45, 2.75) is 19.6 Å². The molecule has 1 unspecified atom stereocenters. The van der Waals surface area contributed by atoms with Gasteiger partial charge in [-0.2, -0.15) is 0 Å². The molecule has 0 aliphatic carbocycles. The zero-order valence-corrected chi connectivity index (χ0v) is 14.5. The highest BCUT2D eigenvalue weighted by Crippen LogP contribution is 2.18. The van der Waals surface area contributed by atoms with Crippen molar-refractivity contribution in [1.29, 1.82) is 0 Å². The van der Waals surface area contributed by atoms with Crippen LogP contribution in [0.1, 0.15) is 12.7 Å². The van der Waals surface area contributed by atoms with Crippen LogP contribution in [0, 0.1) is 0 Å². The lowest BCUT2D eigenvalue weighted by Crippen LogP contribution is -2.36. The van der Waals surface area contributed by atoms with Crippen LogP contribution in [-0.2, 0) is 18.4 Å². The molecule has 0 saturated heterocycles. The number of benzene rings is 2. The van der Waals surface area contributed by atoms with Gasteiger partial charge in [-0.05, 0) is 43.3 Å². The molecule has 3 rings (SSSR count). The number of nitrogens with one attached hydrogen (secondary N) is 1. The molecule has 0 spiro atoms. The molecule has 1 amide bonds. The van der Waals surface area contributed by atoms with E-state index in [1.807, 2.05) is 35.9 Å². The molecule has 0 saturated carbocycles. The third-order valence-corrected chi connectivity index (χ3v) is 4.04. The second-order valence-corrected chi connectivity index (χ2v) is 5.73. The topological polar surface area (TPSA) is 65.4 Å². The minimum absolute atomic E-state index is 0.192. The van der Waals surface area contributed by atoms with E-state index in [1.54, 1.807) is 38.3 Å². The molecule has 1 heterocycles. The van der Waals surface area contributed by atoms with E-state index in [9.17, 15) is 4.79 Å². The molecular weight excluding hydrogens is 318 g/mol. The number of aryl methyl sites for hydroxylation is 1. The number of hydrogen-bond donors (Lipinski definition) is 1. The summed E-state index contributed by atoms with van der Waals surface area (Å²) in [6, 6.07) is 15.0. The minimum atomic E-state index is -0.608. The van der Waals surface area contributed by atoms with E-state index >= 15 is 0 Å². The number of methoxy groups -OCH3 is 1. The minimum Gasteiger partial charge on any atom is -0.497 e. The molecule has 6 nitrogen and oxygen atoms in total. The van der Waals surface area contributed by atoms with Gasteiger partial charge in [-0.3, -0.25) is 4.79 Å². The zero-order valence-electron chi connectivity index (χ0n) is 14.5. The maximum absolute atomic E-state index is 12.3. The van der Waals surface area contributed by atoms with E-state index < -0.39 is 6.10 Å². The average molecular weight is 339 g/mol. The number of ether oxygens (including phenoxy) is 2. The Morgan fingerprint density at radius 2 is 1.84 bits per heavy atom. The van der Waals surface area contributed by atoms with Crippen molar-refractivity contribution in [3.8, 4) is 11.5 Å². The number of para-hydroxylation sites is 2. The number of nitrogens with zero attached hydrogens (tertiary/aromatic N) is 2. The van der Waals surface area contributed by atoms with Crippen LogP contribution in [0.4, 0.5) is 0 Å². The van der Waals surface area contributed by atoms with Crippen molar-refractivity contribution >= 4 is 16.9 Å². The van der Waals surface area contributed by atoms with Crippen molar-refractivity contribution in [3.63, 3.8) is 0 Å². The molecule has 130 valence electrons. The molecule has 0 bridgehead atoms. The summed E-state index contributed by atoms with van der Waals surface area (Å²) >= 11 is 0. The van der Waals surface area contributed by atoms with Crippen LogP contribution < -0.4 is 14.8 Å². The standard InChI is InChI=1S/C19H21N3O3/c1-13(25-15-10-8-14(24-3)9-11-15)19(23)20-12-18-21-16-6-4-5-7-17(16)22(18)2/h4-11,13H,12H2,1-3H3,(H,20,23). The monoisotopic (exact) mass is 339 g/mol. The first-order valence-electron chi connectivity index (χ1n) is 8.07. The maximum Gasteiger partial charge on any atom is 0.261 e. The van der Waals surface area contributed by atoms with Gasteiger partial charge in [0.05, 0.1) is 24.7 Å². The fraction of sp³-hybridized carbons (Fsp3) is 0.263. The predicted molar refractivity (Wildman–Crippen MR) is 95.6 cm³/mol. The first kappa shape index (κ1) is 16.8. The van der Waals surface area contributed by atoms with Crippen LogP contribution in [0.5, 0.6) is 11.5 Å². The maximum atomic E-state index is 12.3. The number of hydrogen-bond acceptors (Lipinski definition) is 4. The molecule has 6 heteroatoms. The lowest BCUT2D eigenvalue weighted by atomic mass is 10.3. The molecule has 1 aromatic heterocycles. The fourth-order valence-electron chi connectivity index (χ4n) is 2.58. The summed E-state index contributed by atoms with van der Waals surface area (Å²) in [5, 5.41) is 2.87. The van der Waals surface area contributed by atoms with E-state index in [-0.39, 0.29) is 5.91 Å². The van der Waals surface area contributed by atoms with E-state index in [2.05, 4.69) is 10.3 Å². The van der Waals surface area contributed by atoms with Gasteiger partial charge in [-0.1, -0.05) is 12.1 Å². The molecule has 0 fully saturated rings. The van der Waals surface area contributed by atoms with Gasteiger partial charge in [-0.25, -0.2) is 4.98 Å². The number of carbonyl (C=O) groups excluding carboxylic acids is 1. The Labute approximate surface area is 146 Å². The summed E-state index contributed by atoms with van der Waals surface area (Å²) in [6.45, 7) is 2.06. The Hall–Kier alpha value is -3.02. The SMILES string of the molecule is COc1ccc(OC(C)C(=O)NCc2nc3ccccc3n2C)cc1. The fourth-order valence-corrected chi connectivity index (χ4v) is 2.58. The molecule has 0 radical (unpaired) electrons. The number of fused-ring (bicyclic) bond motifs is 1. The summed E-state index contributed by atoms with van der Waals surface area (Å²) in [5.41, 5.74) is 1.95. The molecule has 2 aromatic carbocycles. The smallest absolute Gasteiger partial charge is 0.261 e. The van der Waals surface area contributed by atoms with Crippen LogP contribution in [0.15, 0.2) is 48.5 Å². The van der Waals surface area contributed by atoms with Gasteiger partial charge in [0.25, 0.3) is 5.91 Å². The molecule has 1 N–H and O–H groups in total. The van der Waals surface area contributed by atoms with Crippen molar-refractivity contribution in [1.82, 2.24) is 14.9 Å². The van der Waals surface area contributed by atoms with Gasteiger partial charge >= 0.3 is 0 Å². The third-order valence-electron chi connectivity index (χ3n) is 4.04. The molecule has 0 aliphatic rings. The number of aromatic nitrogens is 2. The van der Waals surface area contributed by atoms with E-state index in [1.165, 1.54) is 0 Å². The van der Waals surface area contributed by atoms with Crippen LogP contribution >= 0.6 is 0 Å². The molecule has 3 aromatic rings. The lowest BCUT2D eigenvalue weighted by Gasteiger charge is -2.15. The Bertz CT molecular complexity index is 871. The second-order valence-electron chi connectivity index (χ2n) is 5.73. The van der Waals surface area contributed by atoms with Crippen LogP contribution in [0.2, 0.25) is 0 Å². The van der Waals surface area contributed by atoms with Crippen LogP contribution in [0.25, 0.3) is 11.0 Å². The predicted octanol–water partition coefficient (Wildman–Crippen LogP) is 2.67. The van der Waals surface area contributed by atoms with Gasteiger partial charge in [-0.15, -0.1) is 0 Å². The Kier molecular flexibility index (Phi) is 4.88. The Balaban J connectivity index is 1.59. The first-order valence-corrected chi connectivity index (χ1v) is 8.07. The van der Waals surface area contributed by atoms with Gasteiger partial charge in [0, 0.05) is 7.05 Å². The second kappa shape index (κ2) is 7.25. The number of imidazole rings is 1. The highest BCUT2D eigenvalue weighted by molar-refractivity contribution is 5.81. The van der Waals surface area contributed by atoms with E-state index in [0.29, 0.717) is 12.3 Å². The highest BCUT2D eigenvalue weighted by Gasteiger charge is 2.16. The molecule has 0 aliphatic heterocycles. The van der Waals surface area contributed by atoms with Crippen molar-refractivity contribution in [3.05, 3.63) is 54.4 Å². The van der Waals surface area contributed by atoms with Gasteiger partial charge in [0.15, 0.2) is 6.10 Å². The summed E-state index contributed by atoms with van der Waals surface area (Å²) < 4.78 is 12.7.